The molecule has 0 saturated carbocycles. The van der Waals surface area contributed by atoms with Gasteiger partial charge in [-0.2, -0.15) is 0 Å². The van der Waals surface area contributed by atoms with Gasteiger partial charge in [-0.1, -0.05) is 38.1 Å². The number of rotatable bonds is 7. The first-order valence-corrected chi connectivity index (χ1v) is 10.4. The Hall–Kier alpha value is -3.15. The van der Waals surface area contributed by atoms with E-state index in [4.69, 9.17) is 4.74 Å². The maximum absolute atomic E-state index is 12.6. The summed E-state index contributed by atoms with van der Waals surface area (Å²) < 4.78 is 5.39. The molecule has 1 aliphatic heterocycles. The molecule has 0 aliphatic carbocycles. The second-order valence-corrected chi connectivity index (χ2v) is 7.63. The lowest BCUT2D eigenvalue weighted by atomic mass is 9.97. The molecule has 2 aromatic carbocycles. The number of nitrogens with zero attached hydrogens (tertiary/aromatic N) is 1. The maximum atomic E-state index is 12.6. The van der Waals surface area contributed by atoms with Gasteiger partial charge in [0.05, 0.1) is 5.56 Å². The number of carbonyl (C=O) groups excluding carboxylic acids is 3. The first kappa shape index (κ1) is 21.6. The van der Waals surface area contributed by atoms with Crippen LogP contribution in [0.15, 0.2) is 48.5 Å². The van der Waals surface area contributed by atoms with Crippen LogP contribution < -0.4 is 10.2 Å². The number of esters is 1. The molecule has 0 radical (unpaired) electrons. The van der Waals surface area contributed by atoms with Crippen molar-refractivity contribution in [2.45, 2.75) is 52.1 Å². The summed E-state index contributed by atoms with van der Waals surface area (Å²) in [6.07, 6.45) is 1.32. The largest absolute Gasteiger partial charge is 0.449 e. The van der Waals surface area contributed by atoms with Crippen LogP contribution in [0.2, 0.25) is 0 Å². The van der Waals surface area contributed by atoms with Crippen molar-refractivity contribution in [2.24, 2.45) is 0 Å². The third-order valence-electron chi connectivity index (χ3n) is 5.48. The van der Waals surface area contributed by atoms with E-state index in [-0.39, 0.29) is 11.8 Å². The normalized spacial score (nSPS) is 15.6. The molecule has 158 valence electrons. The van der Waals surface area contributed by atoms with Gasteiger partial charge in [-0.15, -0.1) is 0 Å². The van der Waals surface area contributed by atoms with E-state index in [1.807, 2.05) is 24.3 Å². The van der Waals surface area contributed by atoms with E-state index in [9.17, 15) is 14.4 Å². The summed E-state index contributed by atoms with van der Waals surface area (Å²) in [5, 5.41) is 2.88. The van der Waals surface area contributed by atoms with Crippen LogP contribution in [0.25, 0.3) is 0 Å². The second kappa shape index (κ2) is 9.57. The lowest BCUT2D eigenvalue weighted by Gasteiger charge is -2.19. The summed E-state index contributed by atoms with van der Waals surface area (Å²) in [6, 6.07) is 14.4. The van der Waals surface area contributed by atoms with Crippen LogP contribution in [0.3, 0.4) is 0 Å². The van der Waals surface area contributed by atoms with Crippen LogP contribution in [-0.4, -0.2) is 30.4 Å². The summed E-state index contributed by atoms with van der Waals surface area (Å²) in [7, 11) is 0. The zero-order valence-electron chi connectivity index (χ0n) is 17.7. The Balaban J connectivity index is 1.66. The van der Waals surface area contributed by atoms with Crippen LogP contribution in [0, 0.1) is 0 Å². The topological polar surface area (TPSA) is 75.7 Å². The molecule has 6 nitrogen and oxygen atoms in total. The number of benzene rings is 2. The number of nitrogens with one attached hydrogen (secondary N) is 1. The minimum absolute atomic E-state index is 0.0493. The Morgan fingerprint density at radius 2 is 1.90 bits per heavy atom. The number of carbonyl (C=O) groups is 3. The maximum Gasteiger partial charge on any atom is 0.338 e. The van der Waals surface area contributed by atoms with E-state index >= 15 is 0 Å². The van der Waals surface area contributed by atoms with Crippen molar-refractivity contribution >= 4 is 29.2 Å². The predicted molar refractivity (Wildman–Crippen MR) is 117 cm³/mol. The van der Waals surface area contributed by atoms with Gasteiger partial charge < -0.3 is 15.0 Å². The van der Waals surface area contributed by atoms with Crippen LogP contribution in [0.4, 0.5) is 11.4 Å². The molecule has 2 aromatic rings. The first-order valence-electron chi connectivity index (χ1n) is 10.4. The molecule has 0 bridgehead atoms. The molecular formula is C24H28N2O4. The molecule has 1 fully saturated rings. The monoisotopic (exact) mass is 408 g/mol. The van der Waals surface area contributed by atoms with Crippen molar-refractivity contribution in [1.82, 2.24) is 0 Å². The van der Waals surface area contributed by atoms with Gasteiger partial charge in [0, 0.05) is 24.3 Å². The third kappa shape index (κ3) is 4.87. The summed E-state index contributed by atoms with van der Waals surface area (Å²) in [5.74, 6) is -0.630. The highest BCUT2D eigenvalue weighted by Crippen LogP contribution is 2.27. The molecule has 0 aromatic heterocycles. The molecule has 1 N–H and O–H groups in total. The van der Waals surface area contributed by atoms with Gasteiger partial charge in [-0.05, 0) is 55.5 Å². The molecule has 0 spiro atoms. The Bertz CT molecular complexity index is 940. The predicted octanol–water partition coefficient (Wildman–Crippen LogP) is 4.51. The number of anilines is 2. The molecule has 6 heteroatoms. The minimum atomic E-state index is -0.959. The number of ether oxygens (including phenoxy) is 1. The highest BCUT2D eigenvalue weighted by atomic mass is 16.5. The van der Waals surface area contributed by atoms with Gasteiger partial charge in [-0.3, -0.25) is 9.59 Å². The van der Waals surface area contributed by atoms with Gasteiger partial charge in [0.2, 0.25) is 5.91 Å². The fourth-order valence-electron chi connectivity index (χ4n) is 3.50. The highest BCUT2D eigenvalue weighted by molar-refractivity contribution is 5.99. The summed E-state index contributed by atoms with van der Waals surface area (Å²) in [6.45, 7) is 6.39. The SMILES string of the molecule is CC[C@@H](C)c1ccccc1NC(=O)[C@H](C)OC(=O)c1cccc(N2CCCC2=O)c1. The van der Waals surface area contributed by atoms with E-state index in [1.54, 1.807) is 36.1 Å². The molecule has 2 amide bonds. The lowest BCUT2D eigenvalue weighted by Crippen LogP contribution is -2.30. The van der Waals surface area contributed by atoms with Crippen molar-refractivity contribution in [2.75, 3.05) is 16.8 Å². The first-order chi connectivity index (χ1) is 14.4. The summed E-state index contributed by atoms with van der Waals surface area (Å²) in [4.78, 5) is 38.8. The number of hydrogen-bond acceptors (Lipinski definition) is 4. The van der Waals surface area contributed by atoms with Crippen molar-refractivity contribution in [3.05, 3.63) is 59.7 Å². The van der Waals surface area contributed by atoms with Crippen molar-refractivity contribution < 1.29 is 19.1 Å². The minimum Gasteiger partial charge on any atom is -0.449 e. The summed E-state index contributed by atoms with van der Waals surface area (Å²) in [5.41, 5.74) is 2.77. The highest BCUT2D eigenvalue weighted by Gasteiger charge is 2.24. The fourth-order valence-corrected chi connectivity index (χ4v) is 3.50. The van der Waals surface area contributed by atoms with Gasteiger partial charge >= 0.3 is 5.97 Å². The molecule has 2 atom stereocenters. The van der Waals surface area contributed by atoms with Crippen molar-refractivity contribution in [3.8, 4) is 0 Å². The van der Waals surface area contributed by atoms with E-state index < -0.39 is 12.1 Å². The Kier molecular flexibility index (Phi) is 6.87. The Morgan fingerprint density at radius 3 is 2.60 bits per heavy atom. The van der Waals surface area contributed by atoms with Crippen LogP contribution in [-0.2, 0) is 14.3 Å². The average molecular weight is 408 g/mol. The molecular weight excluding hydrogens is 380 g/mol. The zero-order valence-corrected chi connectivity index (χ0v) is 17.7. The van der Waals surface area contributed by atoms with Crippen molar-refractivity contribution in [3.63, 3.8) is 0 Å². The molecule has 1 saturated heterocycles. The standard InChI is InChI=1S/C24H28N2O4/c1-4-16(2)20-11-5-6-12-21(20)25-23(28)17(3)30-24(29)18-9-7-10-19(15-18)26-14-8-13-22(26)27/h5-7,9-12,15-17H,4,8,13-14H2,1-3H3,(H,25,28)/t16-,17+/m1/s1. The number of hydrogen-bond donors (Lipinski definition) is 1. The van der Waals surface area contributed by atoms with Crippen LogP contribution in [0.5, 0.6) is 0 Å². The van der Waals surface area contributed by atoms with Gasteiger partial charge in [0.25, 0.3) is 5.91 Å². The second-order valence-electron chi connectivity index (χ2n) is 7.63. The molecule has 0 unspecified atom stereocenters. The quantitative estimate of drug-likeness (QED) is 0.684. The Labute approximate surface area is 177 Å². The zero-order chi connectivity index (χ0) is 21.7. The van der Waals surface area contributed by atoms with E-state index in [2.05, 4.69) is 19.2 Å². The summed E-state index contributed by atoms with van der Waals surface area (Å²) >= 11 is 0. The Morgan fingerprint density at radius 1 is 1.13 bits per heavy atom. The third-order valence-corrected chi connectivity index (χ3v) is 5.48. The van der Waals surface area contributed by atoms with Crippen molar-refractivity contribution in [1.29, 1.82) is 0 Å². The van der Waals surface area contributed by atoms with E-state index in [0.29, 0.717) is 30.1 Å². The van der Waals surface area contributed by atoms with Gasteiger partial charge in [0.15, 0.2) is 6.10 Å². The molecule has 30 heavy (non-hydrogen) atoms. The number of para-hydroxylation sites is 1. The molecule has 1 heterocycles. The fraction of sp³-hybridized carbons (Fsp3) is 0.375. The van der Waals surface area contributed by atoms with Crippen LogP contribution >= 0.6 is 0 Å². The smallest absolute Gasteiger partial charge is 0.338 e. The van der Waals surface area contributed by atoms with E-state index in [0.717, 1.165) is 24.1 Å². The molecule has 1 aliphatic rings. The van der Waals surface area contributed by atoms with Crippen LogP contribution in [0.1, 0.15) is 61.9 Å². The lowest BCUT2D eigenvalue weighted by molar-refractivity contribution is -0.123. The molecule has 3 rings (SSSR count). The van der Waals surface area contributed by atoms with Gasteiger partial charge in [-0.25, -0.2) is 4.79 Å². The van der Waals surface area contributed by atoms with E-state index in [1.165, 1.54) is 0 Å². The average Bonchev–Trinajstić information content (AvgIpc) is 3.19. The number of amides is 2. The van der Waals surface area contributed by atoms with Gasteiger partial charge in [0.1, 0.15) is 0 Å².